The second-order valence-electron chi connectivity index (χ2n) is 14.5. The van der Waals surface area contributed by atoms with Crippen molar-refractivity contribution in [3.8, 4) is 44.5 Å². The topological polar surface area (TPSA) is 6.48 Å². The predicted octanol–water partition coefficient (Wildman–Crippen LogP) is 12.0. The molecule has 0 saturated heterocycles. The highest BCUT2D eigenvalue weighted by Crippen LogP contribution is 2.52. The molecule has 0 radical (unpaired) electrons. The SMILES string of the molecule is c1ccc(-c2ccc3c(c2)-c2cccc4c2B2c5c(cccc5N4c4ccc5ccc6ccccc6c5c4)-c4cc(-c5ccccc5)ccc4N23)cc1. The maximum Gasteiger partial charge on any atom is 0.333 e. The number of hydrogen-bond donors (Lipinski definition) is 0. The molecular formula is C50H31BN2. The minimum Gasteiger partial charge on any atom is -0.376 e. The van der Waals surface area contributed by atoms with Crippen molar-refractivity contribution in [2.45, 2.75) is 0 Å². The van der Waals surface area contributed by atoms with Crippen molar-refractivity contribution >= 4 is 67.8 Å². The Morgan fingerprint density at radius 3 is 1.45 bits per heavy atom. The van der Waals surface area contributed by atoms with Gasteiger partial charge in [-0.05, 0) is 114 Å². The largest absolute Gasteiger partial charge is 0.376 e. The molecule has 0 fully saturated rings. The minimum absolute atomic E-state index is 0.0371. The van der Waals surface area contributed by atoms with Crippen LogP contribution in [0.5, 0.6) is 0 Å². The first-order valence-corrected chi connectivity index (χ1v) is 18.5. The summed E-state index contributed by atoms with van der Waals surface area (Å²) in [6.45, 7) is 0.0371. The molecule has 53 heavy (non-hydrogen) atoms. The van der Waals surface area contributed by atoms with E-state index in [2.05, 4.69) is 198 Å². The molecule has 9 aromatic carbocycles. The zero-order valence-corrected chi connectivity index (χ0v) is 28.9. The molecule has 2 nitrogen and oxygen atoms in total. The summed E-state index contributed by atoms with van der Waals surface area (Å²) in [7, 11) is 0. The molecule has 0 spiro atoms. The van der Waals surface area contributed by atoms with Gasteiger partial charge in [0, 0.05) is 39.6 Å². The monoisotopic (exact) mass is 670 g/mol. The molecule has 0 atom stereocenters. The smallest absolute Gasteiger partial charge is 0.333 e. The lowest BCUT2D eigenvalue weighted by atomic mass is 9.41. The number of benzene rings is 9. The lowest BCUT2D eigenvalue weighted by Gasteiger charge is -2.49. The summed E-state index contributed by atoms with van der Waals surface area (Å²) in [6, 6.07) is 69.8. The third-order valence-electron chi connectivity index (χ3n) is 11.7. The van der Waals surface area contributed by atoms with Crippen molar-refractivity contribution in [2.24, 2.45) is 0 Å². The molecule has 3 aliphatic heterocycles. The maximum absolute atomic E-state index is 2.64. The van der Waals surface area contributed by atoms with Gasteiger partial charge in [-0.3, -0.25) is 0 Å². The standard InChI is InChI=1S/C50H31BN2/c1-3-11-32(12-4-1)36-24-27-45-43(29-36)40-17-9-19-47-49(40)51-50-41(44-30-37(25-28-46(44)53(45)51)33-13-5-2-6-14-33)18-10-20-48(50)52(47)38-26-23-35-22-21-34-15-7-8-16-39(34)42(35)31-38/h1-31H. The van der Waals surface area contributed by atoms with Gasteiger partial charge in [0.15, 0.2) is 0 Å². The lowest BCUT2D eigenvalue weighted by molar-refractivity contribution is 1.26. The summed E-state index contributed by atoms with van der Waals surface area (Å²) in [5, 5.41) is 5.07. The van der Waals surface area contributed by atoms with Crippen LogP contribution >= 0.6 is 0 Å². The third kappa shape index (κ3) is 4.05. The average molecular weight is 671 g/mol. The van der Waals surface area contributed by atoms with E-state index in [9.17, 15) is 0 Å². The van der Waals surface area contributed by atoms with Gasteiger partial charge in [0.25, 0.3) is 0 Å². The predicted molar refractivity (Wildman–Crippen MR) is 225 cm³/mol. The Labute approximate surface area is 308 Å². The Balaban J connectivity index is 1.17. The zero-order valence-electron chi connectivity index (χ0n) is 28.9. The van der Waals surface area contributed by atoms with Crippen LogP contribution in [0, 0.1) is 0 Å². The van der Waals surface area contributed by atoms with Crippen LogP contribution in [-0.4, -0.2) is 6.85 Å². The Morgan fingerprint density at radius 2 is 0.849 bits per heavy atom. The molecule has 0 aliphatic carbocycles. The number of nitrogens with zero attached hydrogens (tertiary/aromatic N) is 2. The maximum atomic E-state index is 2.64. The van der Waals surface area contributed by atoms with Gasteiger partial charge in [-0.2, -0.15) is 0 Å². The summed E-state index contributed by atoms with van der Waals surface area (Å²) in [5.41, 5.74) is 18.9. The first-order chi connectivity index (χ1) is 26.3. The van der Waals surface area contributed by atoms with Crippen molar-refractivity contribution in [3.05, 3.63) is 188 Å². The van der Waals surface area contributed by atoms with Crippen molar-refractivity contribution in [1.29, 1.82) is 0 Å². The van der Waals surface area contributed by atoms with Crippen LogP contribution in [0.3, 0.4) is 0 Å². The Kier molecular flexibility index (Phi) is 5.89. The summed E-state index contributed by atoms with van der Waals surface area (Å²) < 4.78 is 0. The second-order valence-corrected chi connectivity index (χ2v) is 14.5. The van der Waals surface area contributed by atoms with Gasteiger partial charge in [0.05, 0.1) is 0 Å². The molecule has 0 saturated carbocycles. The Morgan fingerprint density at radius 1 is 0.321 bits per heavy atom. The van der Waals surface area contributed by atoms with Crippen LogP contribution in [0.2, 0.25) is 0 Å². The number of rotatable bonds is 3. The van der Waals surface area contributed by atoms with Crippen LogP contribution in [-0.2, 0) is 0 Å². The molecular weight excluding hydrogens is 639 g/mol. The second kappa shape index (κ2) is 10.8. The van der Waals surface area contributed by atoms with E-state index in [-0.39, 0.29) is 6.85 Å². The number of fused-ring (bicyclic) bond motifs is 9. The van der Waals surface area contributed by atoms with E-state index in [0.717, 1.165) is 0 Å². The van der Waals surface area contributed by atoms with E-state index in [1.54, 1.807) is 0 Å². The van der Waals surface area contributed by atoms with Gasteiger partial charge in [0.1, 0.15) is 0 Å². The normalized spacial score (nSPS) is 13.2. The third-order valence-corrected chi connectivity index (χ3v) is 11.7. The van der Waals surface area contributed by atoms with Crippen molar-refractivity contribution in [2.75, 3.05) is 9.71 Å². The van der Waals surface area contributed by atoms with E-state index >= 15 is 0 Å². The first-order valence-electron chi connectivity index (χ1n) is 18.5. The lowest BCUT2D eigenvalue weighted by Crippen LogP contribution is -2.63. The summed E-state index contributed by atoms with van der Waals surface area (Å²) in [5.74, 6) is 0. The highest BCUT2D eigenvalue weighted by atomic mass is 15.2. The van der Waals surface area contributed by atoms with Gasteiger partial charge in [-0.25, -0.2) is 0 Å². The molecule has 0 unspecified atom stereocenters. The summed E-state index contributed by atoms with van der Waals surface area (Å²) in [4.78, 5) is 5.17. The van der Waals surface area contributed by atoms with E-state index in [1.807, 2.05) is 0 Å². The van der Waals surface area contributed by atoms with Gasteiger partial charge in [-0.1, -0.05) is 140 Å². The number of anilines is 5. The van der Waals surface area contributed by atoms with Crippen LogP contribution in [0.1, 0.15) is 0 Å². The fourth-order valence-electron chi connectivity index (χ4n) is 9.43. The van der Waals surface area contributed by atoms with Crippen molar-refractivity contribution < 1.29 is 0 Å². The molecule has 0 bridgehead atoms. The highest BCUT2D eigenvalue weighted by Gasteiger charge is 2.48. The van der Waals surface area contributed by atoms with Crippen molar-refractivity contribution in [1.82, 2.24) is 0 Å². The van der Waals surface area contributed by atoms with Crippen LogP contribution in [0.4, 0.5) is 28.4 Å². The average Bonchev–Trinajstić information content (AvgIpc) is 3.24. The van der Waals surface area contributed by atoms with E-state index in [4.69, 9.17) is 0 Å². The fraction of sp³-hybridized carbons (Fsp3) is 0. The summed E-state index contributed by atoms with van der Waals surface area (Å²) in [6.07, 6.45) is 0. The molecule has 3 heteroatoms. The molecule has 244 valence electrons. The molecule has 0 amide bonds. The highest BCUT2D eigenvalue weighted by molar-refractivity contribution is 6.95. The zero-order chi connectivity index (χ0) is 34.6. The molecule has 3 heterocycles. The Bertz CT molecular complexity index is 2830. The fourth-order valence-corrected chi connectivity index (χ4v) is 9.43. The van der Waals surface area contributed by atoms with Gasteiger partial charge < -0.3 is 9.71 Å². The van der Waals surface area contributed by atoms with Gasteiger partial charge in [-0.15, -0.1) is 0 Å². The molecule has 3 aliphatic rings. The van der Waals surface area contributed by atoms with Crippen molar-refractivity contribution in [3.63, 3.8) is 0 Å². The summed E-state index contributed by atoms with van der Waals surface area (Å²) >= 11 is 0. The van der Waals surface area contributed by atoms with Crippen LogP contribution in [0.15, 0.2) is 188 Å². The Hall–Kier alpha value is -6.84. The van der Waals surface area contributed by atoms with Crippen LogP contribution in [0.25, 0.3) is 66.1 Å². The molecule has 0 aromatic heterocycles. The van der Waals surface area contributed by atoms with E-state index in [1.165, 1.54) is 105 Å². The van der Waals surface area contributed by atoms with Gasteiger partial charge in [0.2, 0.25) is 0 Å². The molecule has 0 N–H and O–H groups in total. The van der Waals surface area contributed by atoms with Crippen LogP contribution < -0.4 is 20.6 Å². The first kappa shape index (κ1) is 28.8. The quantitative estimate of drug-likeness (QED) is 0.136. The van der Waals surface area contributed by atoms with E-state index < -0.39 is 0 Å². The molecule has 9 aromatic rings. The minimum atomic E-state index is 0.0371. The molecule has 12 rings (SSSR count). The number of hydrogen-bond acceptors (Lipinski definition) is 2. The van der Waals surface area contributed by atoms with E-state index in [0.29, 0.717) is 0 Å². The van der Waals surface area contributed by atoms with Gasteiger partial charge >= 0.3 is 6.85 Å².